The molecule has 3 aromatic rings. The van der Waals surface area contributed by atoms with Gasteiger partial charge < -0.3 is 20.0 Å². The van der Waals surface area contributed by atoms with Crippen molar-refractivity contribution in [1.29, 1.82) is 0 Å². The molecule has 0 spiro atoms. The fourth-order valence-corrected chi connectivity index (χ4v) is 3.78. The van der Waals surface area contributed by atoms with Crippen molar-refractivity contribution in [2.24, 2.45) is 0 Å². The number of carbonyl (C=O) groups is 1. The second-order valence-corrected chi connectivity index (χ2v) is 7.98. The number of nitrogens with zero attached hydrogens (tertiary/aromatic N) is 5. The summed E-state index contributed by atoms with van der Waals surface area (Å²) in [4.78, 5) is 23.1. The molecule has 3 heterocycles. The minimum atomic E-state index is 0. The Balaban J connectivity index is 0.00000204. The molecular weight excluding hydrogens is 406 g/mol. The third kappa shape index (κ3) is 4.94. The smallest absolute Gasteiger partial charge is 0.268 e. The van der Waals surface area contributed by atoms with Crippen LogP contribution in [0.2, 0.25) is 0 Å². The van der Waals surface area contributed by atoms with E-state index in [9.17, 15) is 4.79 Å². The number of benzene rings is 1. The van der Waals surface area contributed by atoms with E-state index >= 15 is 0 Å². The number of carbonyl (C=O) groups excluding carboxylic acids is 1. The van der Waals surface area contributed by atoms with Gasteiger partial charge in [-0.2, -0.15) is 0 Å². The third-order valence-electron chi connectivity index (χ3n) is 5.66. The average Bonchev–Trinajstić information content (AvgIpc) is 3.31. The fourth-order valence-electron chi connectivity index (χ4n) is 3.78. The second-order valence-electron chi connectivity index (χ2n) is 7.98. The summed E-state index contributed by atoms with van der Waals surface area (Å²) in [6.45, 7) is 6.17. The van der Waals surface area contributed by atoms with Crippen LogP contribution in [0, 0.1) is 6.92 Å². The lowest BCUT2D eigenvalue weighted by Crippen LogP contribution is -2.44. The largest absolute Gasteiger partial charge is 0.415 e. The highest BCUT2D eigenvalue weighted by molar-refractivity contribution is 5.75. The van der Waals surface area contributed by atoms with Crippen molar-refractivity contribution >= 4 is 11.7 Å². The minimum absolute atomic E-state index is 0. The summed E-state index contributed by atoms with van der Waals surface area (Å²) in [5, 5.41) is 14.6. The highest BCUT2D eigenvalue weighted by atomic mass is 16.4. The summed E-state index contributed by atoms with van der Waals surface area (Å²) in [7, 11) is 1.92. The van der Waals surface area contributed by atoms with Gasteiger partial charge in [-0.3, -0.25) is 9.78 Å². The van der Waals surface area contributed by atoms with E-state index in [1.54, 1.807) is 6.20 Å². The summed E-state index contributed by atoms with van der Waals surface area (Å²) in [5.41, 5.74) is 3.37. The molecule has 0 bridgehead atoms. The summed E-state index contributed by atoms with van der Waals surface area (Å²) in [6.07, 6.45) is 4.05. The first-order valence-corrected chi connectivity index (χ1v) is 11.0. The Bertz CT molecular complexity index is 1070. The van der Waals surface area contributed by atoms with E-state index in [1.165, 1.54) is 5.56 Å². The Hall–Kier alpha value is -3.33. The van der Waals surface area contributed by atoms with Crippen LogP contribution in [-0.2, 0) is 11.3 Å². The lowest BCUT2D eigenvalue weighted by molar-refractivity contribution is -0.121. The van der Waals surface area contributed by atoms with Gasteiger partial charge in [-0.05, 0) is 44.5 Å². The van der Waals surface area contributed by atoms with E-state index in [0.29, 0.717) is 23.9 Å². The normalized spacial score (nSPS) is 14.5. The van der Waals surface area contributed by atoms with Gasteiger partial charge in [-0.15, -0.1) is 10.2 Å². The molecule has 32 heavy (non-hydrogen) atoms. The molecule has 0 atom stereocenters. The lowest BCUT2D eigenvalue weighted by atomic mass is 10.0. The predicted molar refractivity (Wildman–Crippen MR) is 126 cm³/mol. The molecule has 9 nitrogen and oxygen atoms in total. The highest BCUT2D eigenvalue weighted by Gasteiger charge is 2.23. The molecule has 4 rings (SSSR count). The molecule has 1 fully saturated rings. The number of hydrogen-bond acceptors (Lipinski definition) is 8. The van der Waals surface area contributed by atoms with Crippen molar-refractivity contribution in [3.8, 4) is 23.0 Å². The molecule has 0 saturated carbocycles. The molecule has 172 valence electrons. The topological polar surface area (TPSA) is 109 Å². The van der Waals surface area contributed by atoms with Crippen LogP contribution in [-0.4, -0.2) is 52.3 Å². The second kappa shape index (κ2) is 9.86. The van der Waals surface area contributed by atoms with Crippen LogP contribution < -0.4 is 15.5 Å². The number of nitrogens with one attached hydrogen (secondary N) is 2. The number of amides is 1. The maximum atomic E-state index is 11.6. The van der Waals surface area contributed by atoms with Gasteiger partial charge in [0.15, 0.2) is 5.69 Å². The molecule has 1 aliphatic rings. The zero-order valence-electron chi connectivity index (χ0n) is 18.8. The Kier molecular flexibility index (Phi) is 6.75. The molecular formula is C23H33N7O2. The standard InChI is InChI=1S/C23H29N7O2.2H2/c1-4-20(31)26-18-9-11-30(12-10-18)19-14-25-15(2)21(27-19)23-29-28-22(32-23)17-7-5-16(6-8-17)13-24-3;;/h5-8,14,18,24H,4,9-13H2,1-3H3,(H,26,31);2*1H. The number of aromatic nitrogens is 4. The van der Waals surface area contributed by atoms with Gasteiger partial charge >= 0.3 is 0 Å². The summed E-state index contributed by atoms with van der Waals surface area (Å²) >= 11 is 0. The molecule has 0 aliphatic carbocycles. The minimum Gasteiger partial charge on any atom is -0.415 e. The molecule has 1 aliphatic heterocycles. The van der Waals surface area contributed by atoms with E-state index in [4.69, 9.17) is 9.40 Å². The highest BCUT2D eigenvalue weighted by Crippen LogP contribution is 2.27. The van der Waals surface area contributed by atoms with Crippen LogP contribution in [0.1, 0.15) is 40.3 Å². The molecule has 2 aromatic heterocycles. The number of hydrogen-bond donors (Lipinski definition) is 2. The van der Waals surface area contributed by atoms with Gasteiger partial charge in [-0.1, -0.05) is 19.1 Å². The van der Waals surface area contributed by atoms with Crippen LogP contribution >= 0.6 is 0 Å². The number of rotatable bonds is 7. The summed E-state index contributed by atoms with van der Waals surface area (Å²) < 4.78 is 5.95. The van der Waals surface area contributed by atoms with Gasteiger partial charge in [-0.25, -0.2) is 4.98 Å². The van der Waals surface area contributed by atoms with Crippen LogP contribution in [0.25, 0.3) is 23.0 Å². The van der Waals surface area contributed by atoms with Gasteiger partial charge in [0, 0.05) is 40.5 Å². The van der Waals surface area contributed by atoms with E-state index in [1.807, 2.05) is 45.2 Å². The van der Waals surface area contributed by atoms with Crippen molar-refractivity contribution in [1.82, 2.24) is 30.8 Å². The number of aryl methyl sites for hydroxylation is 1. The van der Waals surface area contributed by atoms with Crippen molar-refractivity contribution in [2.75, 3.05) is 25.0 Å². The van der Waals surface area contributed by atoms with Crippen molar-refractivity contribution in [2.45, 2.75) is 45.7 Å². The first-order chi connectivity index (χ1) is 15.6. The zero-order chi connectivity index (χ0) is 22.5. The molecule has 1 saturated heterocycles. The Morgan fingerprint density at radius 3 is 2.59 bits per heavy atom. The SMILES string of the molecule is CCC(=O)NC1CCN(c2cnc(C)c(-c3nnc(-c4ccc(CNC)cc4)o3)n2)CC1.[HH].[HH]. The maximum Gasteiger partial charge on any atom is 0.268 e. The zero-order valence-corrected chi connectivity index (χ0v) is 18.8. The Morgan fingerprint density at radius 1 is 1.19 bits per heavy atom. The Labute approximate surface area is 190 Å². The quantitative estimate of drug-likeness (QED) is 0.578. The third-order valence-corrected chi connectivity index (χ3v) is 5.66. The van der Waals surface area contributed by atoms with Crippen molar-refractivity contribution < 1.29 is 12.1 Å². The summed E-state index contributed by atoms with van der Waals surface area (Å²) in [6, 6.07) is 8.23. The monoisotopic (exact) mass is 439 g/mol. The maximum absolute atomic E-state index is 11.6. The van der Waals surface area contributed by atoms with Gasteiger partial charge in [0.2, 0.25) is 11.8 Å². The first-order valence-electron chi connectivity index (χ1n) is 11.0. The van der Waals surface area contributed by atoms with E-state index in [2.05, 4.69) is 30.7 Å². The predicted octanol–water partition coefficient (Wildman–Crippen LogP) is 3.21. The van der Waals surface area contributed by atoms with Gasteiger partial charge in [0.05, 0.1) is 11.9 Å². The van der Waals surface area contributed by atoms with Crippen LogP contribution in [0.4, 0.5) is 5.82 Å². The lowest BCUT2D eigenvalue weighted by Gasteiger charge is -2.33. The average molecular weight is 440 g/mol. The molecule has 0 radical (unpaired) electrons. The fraction of sp³-hybridized carbons (Fsp3) is 0.435. The summed E-state index contributed by atoms with van der Waals surface area (Å²) in [5.74, 6) is 1.69. The van der Waals surface area contributed by atoms with Crippen molar-refractivity contribution in [3.63, 3.8) is 0 Å². The molecule has 2 N–H and O–H groups in total. The van der Waals surface area contributed by atoms with Crippen molar-refractivity contribution in [3.05, 3.63) is 41.7 Å². The Morgan fingerprint density at radius 2 is 1.91 bits per heavy atom. The molecule has 1 aromatic carbocycles. The number of anilines is 1. The van der Waals surface area contributed by atoms with Crippen LogP contribution in [0.15, 0.2) is 34.9 Å². The molecule has 1 amide bonds. The van der Waals surface area contributed by atoms with Gasteiger partial charge in [0.25, 0.3) is 5.89 Å². The first kappa shape index (κ1) is 21.9. The molecule has 0 unspecified atom stereocenters. The van der Waals surface area contributed by atoms with Crippen LogP contribution in [0.5, 0.6) is 0 Å². The van der Waals surface area contributed by atoms with Crippen LogP contribution in [0.3, 0.4) is 0 Å². The van der Waals surface area contributed by atoms with E-state index < -0.39 is 0 Å². The van der Waals surface area contributed by atoms with E-state index in [-0.39, 0.29) is 14.8 Å². The van der Waals surface area contributed by atoms with E-state index in [0.717, 1.165) is 49.6 Å². The molecule has 9 heteroatoms. The number of piperidine rings is 1. The van der Waals surface area contributed by atoms with Gasteiger partial charge in [0.1, 0.15) is 5.82 Å².